The fourth-order valence-corrected chi connectivity index (χ4v) is 9.28. The number of aromatic hydroxyl groups is 2. The number of carbonyl (C=O) groups is 1. The van der Waals surface area contributed by atoms with Gasteiger partial charge >= 0.3 is 315 Å². The van der Waals surface area contributed by atoms with E-state index in [1.54, 1.807) is 0 Å². The number of fused-ring (bicyclic) bond motifs is 1. The Labute approximate surface area is 336 Å². The Morgan fingerprint density at radius 3 is 1.25 bits per heavy atom. The van der Waals surface area contributed by atoms with Crippen LogP contribution in [0.1, 0.15) is 146 Å². The summed E-state index contributed by atoms with van der Waals surface area (Å²) in [6.07, 6.45) is 8.99. The SMILES string of the molecule is CC(=O)[O-].CC(C)(C)c1cc(C=[N+]2[Co][N+](=Cc3cc(C(C)(C)C)cc(C(C)(C)c4ccccc4)c3O)C3CCCCC32)c(O)c(C(C)(C)c2ccccc2)c1. The van der Waals surface area contributed by atoms with E-state index in [1.165, 1.54) is 35.1 Å². The van der Waals surface area contributed by atoms with E-state index in [4.69, 9.17) is 9.90 Å². The Morgan fingerprint density at radius 1 is 0.618 bits per heavy atom. The molecule has 295 valence electrons. The van der Waals surface area contributed by atoms with Crippen LogP contribution in [0.2, 0.25) is 0 Å². The standard InChI is InChI=1S/C46H58N2O2.C2H4O2.Co/c1-43(2,3)35-25-31(41(49)37(27-35)45(7,8)33-19-13-11-14-20-33)29-47-39-23-17-18-24-40(39)48-30-32-26-36(44(4,5)6)28-38(42(32)50)46(9,10)34-21-15-12-16-22-34;1-2(3)4;/h11-16,19-22,25-30,39-40,49-50H,17-18,23-24H2,1-10H3;1H3,(H,3,4);/q;;+2/p-1. The zero-order valence-electron chi connectivity index (χ0n) is 34.7. The number of carboxylic acids is 1. The summed E-state index contributed by atoms with van der Waals surface area (Å²) in [7, 11) is 0. The van der Waals surface area contributed by atoms with Crippen molar-refractivity contribution in [3.63, 3.8) is 0 Å². The third-order valence-electron chi connectivity index (χ3n) is 11.3. The molecule has 1 aliphatic carbocycles. The van der Waals surface area contributed by atoms with E-state index in [9.17, 15) is 10.2 Å². The van der Waals surface area contributed by atoms with Crippen LogP contribution in [0.15, 0.2) is 84.9 Å². The molecule has 2 N–H and O–H groups in total. The van der Waals surface area contributed by atoms with Crippen molar-refractivity contribution in [1.29, 1.82) is 0 Å². The van der Waals surface area contributed by atoms with Gasteiger partial charge in [0.25, 0.3) is 0 Å². The van der Waals surface area contributed by atoms with Gasteiger partial charge < -0.3 is 9.90 Å². The Morgan fingerprint density at radius 2 is 0.945 bits per heavy atom. The summed E-state index contributed by atoms with van der Waals surface area (Å²) in [6.45, 7) is 23.3. The maximum atomic E-state index is 12.1. The number of carboxylic acid groups (broad SMARTS) is 1. The van der Waals surface area contributed by atoms with Crippen LogP contribution in [0, 0.1) is 0 Å². The van der Waals surface area contributed by atoms with Gasteiger partial charge in [-0.1, -0.05) is 0 Å². The van der Waals surface area contributed by atoms with Crippen LogP contribution < -0.4 is 5.11 Å². The van der Waals surface area contributed by atoms with Gasteiger partial charge in [0.1, 0.15) is 0 Å². The Kier molecular flexibility index (Phi) is 12.3. The van der Waals surface area contributed by atoms with Gasteiger partial charge in [0.15, 0.2) is 0 Å². The molecule has 2 aliphatic rings. The van der Waals surface area contributed by atoms with Gasteiger partial charge in [-0.3, -0.25) is 0 Å². The summed E-state index contributed by atoms with van der Waals surface area (Å²) in [5.74, 6) is -0.380. The summed E-state index contributed by atoms with van der Waals surface area (Å²) in [6, 6.07) is 30.4. The van der Waals surface area contributed by atoms with Crippen molar-refractivity contribution >= 4 is 18.4 Å². The van der Waals surface area contributed by atoms with Crippen LogP contribution in [0.25, 0.3) is 0 Å². The Hall–Kier alpha value is -4.20. The van der Waals surface area contributed by atoms with Crippen LogP contribution in [0.3, 0.4) is 0 Å². The average Bonchev–Trinajstić information content (AvgIpc) is 3.45. The van der Waals surface area contributed by atoms with E-state index in [0.717, 1.165) is 57.1 Å². The quantitative estimate of drug-likeness (QED) is 0.205. The Balaban J connectivity index is 0.00000138. The van der Waals surface area contributed by atoms with Gasteiger partial charge in [-0.05, 0) is 6.92 Å². The molecule has 2 unspecified atom stereocenters. The molecule has 6 nitrogen and oxygen atoms in total. The molecule has 0 bridgehead atoms. The van der Waals surface area contributed by atoms with Crippen LogP contribution in [-0.4, -0.2) is 47.9 Å². The summed E-state index contributed by atoms with van der Waals surface area (Å²) in [5.41, 5.74) is 7.46. The van der Waals surface area contributed by atoms with Crippen molar-refractivity contribution < 1.29 is 42.5 Å². The summed E-state index contributed by atoms with van der Waals surface area (Å²) < 4.78 is 4.86. The molecule has 2 fully saturated rings. The first-order valence-electron chi connectivity index (χ1n) is 19.5. The van der Waals surface area contributed by atoms with Crippen molar-refractivity contribution in [3.8, 4) is 11.5 Å². The predicted octanol–water partition coefficient (Wildman–Crippen LogP) is 8.90. The van der Waals surface area contributed by atoms with Gasteiger partial charge in [-0.2, -0.15) is 0 Å². The molecule has 7 heteroatoms. The zero-order chi connectivity index (χ0) is 40.5. The maximum absolute atomic E-state index is 12.1. The number of hydrogen-bond acceptors (Lipinski definition) is 4. The number of rotatable bonds is 6. The number of hydrogen-bond donors (Lipinski definition) is 2. The molecule has 1 saturated heterocycles. The number of aliphatic carboxylic acids is 1. The van der Waals surface area contributed by atoms with Crippen LogP contribution in [-0.2, 0) is 41.6 Å². The molecule has 0 radical (unpaired) electrons. The molecule has 4 aromatic rings. The minimum absolute atomic E-state index is 0.0890. The molecule has 1 saturated carbocycles. The molecule has 4 aromatic carbocycles. The van der Waals surface area contributed by atoms with E-state index in [1.807, 2.05) is 12.1 Å². The topological polar surface area (TPSA) is 86.6 Å². The van der Waals surface area contributed by atoms with Crippen LogP contribution >= 0.6 is 0 Å². The molecule has 55 heavy (non-hydrogen) atoms. The minimum atomic E-state index is -1.08. The molecular formula is C48H61CoN2O4+. The van der Waals surface area contributed by atoms with Gasteiger partial charge in [0.05, 0.1) is 0 Å². The summed E-state index contributed by atoms with van der Waals surface area (Å²) >= 11 is 1.07. The molecule has 1 aliphatic heterocycles. The van der Waals surface area contributed by atoms with Crippen molar-refractivity contribution in [2.45, 2.75) is 136 Å². The van der Waals surface area contributed by atoms with Crippen molar-refractivity contribution in [2.75, 3.05) is 0 Å². The molecule has 1 heterocycles. The van der Waals surface area contributed by atoms with E-state index in [0.29, 0.717) is 23.6 Å². The average molecular weight is 789 g/mol. The van der Waals surface area contributed by atoms with E-state index in [-0.39, 0.29) is 21.7 Å². The summed E-state index contributed by atoms with van der Waals surface area (Å²) in [5, 5.41) is 33.0. The fourth-order valence-electron chi connectivity index (χ4n) is 7.66. The molecule has 0 aromatic heterocycles. The molecule has 6 rings (SSSR count). The first-order valence-corrected chi connectivity index (χ1v) is 20.5. The van der Waals surface area contributed by atoms with Crippen molar-refractivity contribution in [3.05, 3.63) is 129 Å². The zero-order valence-corrected chi connectivity index (χ0v) is 35.7. The van der Waals surface area contributed by atoms with Gasteiger partial charge in [-0.25, -0.2) is 0 Å². The fraction of sp³-hybridized carbons (Fsp3) is 0.438. The van der Waals surface area contributed by atoms with Gasteiger partial charge in [0.2, 0.25) is 0 Å². The molecule has 0 amide bonds. The molecule has 0 spiro atoms. The number of carbonyl (C=O) groups excluding carboxylic acids is 1. The van der Waals surface area contributed by atoms with Crippen LogP contribution in [0.5, 0.6) is 11.5 Å². The van der Waals surface area contributed by atoms with Crippen molar-refractivity contribution in [2.24, 2.45) is 0 Å². The van der Waals surface area contributed by atoms with E-state index >= 15 is 0 Å². The second kappa shape index (κ2) is 16.1. The second-order valence-corrected chi connectivity index (χ2v) is 19.6. The molecular weight excluding hydrogens is 727 g/mol. The van der Waals surface area contributed by atoms with Crippen molar-refractivity contribution in [1.82, 2.24) is 0 Å². The first-order chi connectivity index (χ1) is 25.6. The summed E-state index contributed by atoms with van der Waals surface area (Å²) in [4.78, 5) is 8.89. The third-order valence-corrected chi connectivity index (χ3v) is 12.8. The normalized spacial score (nSPS) is 19.3. The first kappa shape index (κ1) is 41.9. The predicted molar refractivity (Wildman–Crippen MR) is 218 cm³/mol. The Bertz CT molecular complexity index is 1920. The second-order valence-electron chi connectivity index (χ2n) is 18.3. The number of phenols is 2. The van der Waals surface area contributed by atoms with Crippen LogP contribution in [0.4, 0.5) is 0 Å². The van der Waals surface area contributed by atoms with Gasteiger partial charge in [0, 0.05) is 5.97 Å². The number of phenolic OH excluding ortho intramolecular Hbond substituents is 2. The third kappa shape index (κ3) is 9.27. The molecule has 2 atom stereocenters. The number of benzene rings is 4. The number of nitrogens with zero attached hydrogens (tertiary/aromatic N) is 2. The van der Waals surface area contributed by atoms with E-state index < -0.39 is 5.97 Å². The van der Waals surface area contributed by atoms with E-state index in [2.05, 4.69) is 162 Å². The monoisotopic (exact) mass is 788 g/mol. The van der Waals surface area contributed by atoms with Gasteiger partial charge in [-0.15, -0.1) is 0 Å².